The van der Waals surface area contributed by atoms with E-state index in [-0.39, 0.29) is 12.4 Å². The quantitative estimate of drug-likeness (QED) is 0.294. The minimum absolute atomic E-state index is 0.0827. The number of hydrogen-bond acceptors (Lipinski definition) is 4. The van der Waals surface area contributed by atoms with E-state index < -0.39 is 11.9 Å². The Labute approximate surface area is 151 Å². The van der Waals surface area contributed by atoms with E-state index in [1.165, 1.54) is 25.7 Å². The number of Topliss-reactive ketones (excluding diaryl/α,β-unsaturated/α-hetero) is 1. The van der Waals surface area contributed by atoms with Crippen molar-refractivity contribution in [3.63, 3.8) is 0 Å². The highest BCUT2D eigenvalue weighted by atomic mass is 16.5. The highest BCUT2D eigenvalue weighted by Gasteiger charge is 2.26. The molecule has 25 heavy (non-hydrogen) atoms. The van der Waals surface area contributed by atoms with Crippen molar-refractivity contribution in [2.24, 2.45) is 5.92 Å². The smallest absolute Gasteiger partial charge is 0.316 e. The summed E-state index contributed by atoms with van der Waals surface area (Å²) in [6, 6.07) is 7.65. The molecule has 0 aromatic heterocycles. The van der Waals surface area contributed by atoms with Gasteiger partial charge in [-0.1, -0.05) is 51.7 Å². The van der Waals surface area contributed by atoms with Gasteiger partial charge in [-0.05, 0) is 37.5 Å². The van der Waals surface area contributed by atoms with Crippen LogP contribution < -0.4 is 4.74 Å². The molecule has 1 aromatic rings. The van der Waals surface area contributed by atoms with Crippen LogP contribution in [0.25, 0.3) is 0 Å². The second-order valence-electron chi connectivity index (χ2n) is 6.24. The molecule has 1 rings (SSSR count). The van der Waals surface area contributed by atoms with Gasteiger partial charge < -0.3 is 9.47 Å². The number of carbonyl (C=O) groups excluding carboxylic acids is 2. The highest BCUT2D eigenvalue weighted by molar-refractivity contribution is 5.99. The Morgan fingerprint density at radius 3 is 2.48 bits per heavy atom. The standard InChI is InChI=1S/C21H32O4/c1-4-7-8-9-10-14-25-18-13-11-12-17(15-18)16-19(20(22)5-2)21(23)24-6-3/h11-13,15,19H,4-10,14,16H2,1-3H3. The van der Waals surface area contributed by atoms with Gasteiger partial charge in [-0.25, -0.2) is 0 Å². The minimum atomic E-state index is -0.728. The minimum Gasteiger partial charge on any atom is -0.494 e. The Kier molecular flexibility index (Phi) is 10.6. The van der Waals surface area contributed by atoms with Gasteiger partial charge in [0.05, 0.1) is 13.2 Å². The van der Waals surface area contributed by atoms with E-state index in [2.05, 4.69) is 6.92 Å². The second kappa shape index (κ2) is 12.5. The van der Waals surface area contributed by atoms with Gasteiger partial charge in [-0.2, -0.15) is 0 Å². The van der Waals surface area contributed by atoms with Crippen molar-refractivity contribution < 1.29 is 19.1 Å². The zero-order valence-corrected chi connectivity index (χ0v) is 15.9. The van der Waals surface area contributed by atoms with Gasteiger partial charge in [0.15, 0.2) is 0 Å². The predicted molar refractivity (Wildman–Crippen MR) is 99.8 cm³/mol. The molecule has 0 radical (unpaired) electrons. The van der Waals surface area contributed by atoms with Crippen molar-refractivity contribution in [3.8, 4) is 5.75 Å². The van der Waals surface area contributed by atoms with Crippen molar-refractivity contribution in [3.05, 3.63) is 29.8 Å². The predicted octanol–water partition coefficient (Wildman–Crippen LogP) is 4.74. The number of carbonyl (C=O) groups is 2. The molecule has 0 aliphatic carbocycles. The molecule has 1 atom stereocenters. The topological polar surface area (TPSA) is 52.6 Å². The fraction of sp³-hybridized carbons (Fsp3) is 0.619. The van der Waals surface area contributed by atoms with Crippen molar-refractivity contribution in [2.45, 2.75) is 65.7 Å². The van der Waals surface area contributed by atoms with Crippen molar-refractivity contribution in [1.29, 1.82) is 0 Å². The molecule has 0 saturated heterocycles. The second-order valence-corrected chi connectivity index (χ2v) is 6.24. The molecule has 0 heterocycles. The zero-order chi connectivity index (χ0) is 18.5. The average Bonchev–Trinajstić information content (AvgIpc) is 2.62. The largest absolute Gasteiger partial charge is 0.494 e. The number of ketones is 1. The van der Waals surface area contributed by atoms with E-state index in [9.17, 15) is 9.59 Å². The van der Waals surface area contributed by atoms with Crippen molar-refractivity contribution >= 4 is 11.8 Å². The summed E-state index contributed by atoms with van der Waals surface area (Å²) in [7, 11) is 0. The first-order valence-electron chi connectivity index (χ1n) is 9.53. The summed E-state index contributed by atoms with van der Waals surface area (Å²) in [5.41, 5.74) is 0.920. The molecule has 0 amide bonds. The van der Waals surface area contributed by atoms with Crippen LogP contribution in [0.15, 0.2) is 24.3 Å². The molecule has 0 spiro atoms. The van der Waals surface area contributed by atoms with Crippen molar-refractivity contribution in [2.75, 3.05) is 13.2 Å². The SMILES string of the molecule is CCCCCCCOc1cccc(CC(C(=O)CC)C(=O)OCC)c1. The van der Waals surface area contributed by atoms with Crippen LogP contribution in [-0.2, 0) is 20.7 Å². The molecule has 0 N–H and O–H groups in total. The number of ether oxygens (including phenoxy) is 2. The van der Waals surface area contributed by atoms with Crippen LogP contribution in [0.5, 0.6) is 5.75 Å². The Hall–Kier alpha value is -1.84. The highest BCUT2D eigenvalue weighted by Crippen LogP contribution is 2.19. The molecule has 0 bridgehead atoms. The monoisotopic (exact) mass is 348 g/mol. The zero-order valence-electron chi connectivity index (χ0n) is 15.9. The fourth-order valence-electron chi connectivity index (χ4n) is 2.71. The molecule has 4 nitrogen and oxygen atoms in total. The van der Waals surface area contributed by atoms with E-state index in [0.717, 1.165) is 17.7 Å². The molecular weight excluding hydrogens is 316 g/mol. The van der Waals surface area contributed by atoms with Gasteiger partial charge in [-0.15, -0.1) is 0 Å². The average molecular weight is 348 g/mol. The van der Waals surface area contributed by atoms with Crippen LogP contribution in [0.4, 0.5) is 0 Å². The Bertz CT molecular complexity index is 524. The molecule has 0 aliphatic heterocycles. The third-order valence-corrected chi connectivity index (χ3v) is 4.16. The van der Waals surface area contributed by atoms with Gasteiger partial charge in [-0.3, -0.25) is 9.59 Å². The lowest BCUT2D eigenvalue weighted by Crippen LogP contribution is -2.27. The first-order valence-corrected chi connectivity index (χ1v) is 9.53. The maximum absolute atomic E-state index is 12.1. The lowest BCUT2D eigenvalue weighted by Gasteiger charge is -2.14. The van der Waals surface area contributed by atoms with Crippen LogP contribution >= 0.6 is 0 Å². The third kappa shape index (κ3) is 8.19. The van der Waals surface area contributed by atoms with Gasteiger partial charge in [0, 0.05) is 6.42 Å². The Morgan fingerprint density at radius 1 is 1.04 bits per heavy atom. The maximum Gasteiger partial charge on any atom is 0.316 e. The summed E-state index contributed by atoms with van der Waals surface area (Å²) in [4.78, 5) is 24.1. The van der Waals surface area contributed by atoms with E-state index in [1.54, 1.807) is 13.8 Å². The van der Waals surface area contributed by atoms with Gasteiger partial charge >= 0.3 is 5.97 Å². The number of hydrogen-bond donors (Lipinski definition) is 0. The number of rotatable bonds is 13. The molecule has 0 saturated carbocycles. The maximum atomic E-state index is 12.1. The summed E-state index contributed by atoms with van der Waals surface area (Å²) in [5, 5.41) is 0. The lowest BCUT2D eigenvalue weighted by molar-refractivity contribution is -0.151. The van der Waals surface area contributed by atoms with Gasteiger partial charge in [0.1, 0.15) is 17.5 Å². The first kappa shape index (κ1) is 21.2. The van der Waals surface area contributed by atoms with Crippen LogP contribution in [0, 0.1) is 5.92 Å². The molecule has 1 aromatic carbocycles. The van der Waals surface area contributed by atoms with Gasteiger partial charge in [0.2, 0.25) is 0 Å². The van der Waals surface area contributed by atoms with Crippen LogP contribution in [0.3, 0.4) is 0 Å². The fourth-order valence-corrected chi connectivity index (χ4v) is 2.71. The number of unbranched alkanes of at least 4 members (excludes halogenated alkanes) is 4. The summed E-state index contributed by atoms with van der Waals surface area (Å²) >= 11 is 0. The molecule has 1 unspecified atom stereocenters. The Balaban J connectivity index is 2.59. The van der Waals surface area contributed by atoms with E-state index in [4.69, 9.17) is 9.47 Å². The van der Waals surface area contributed by atoms with Gasteiger partial charge in [0.25, 0.3) is 0 Å². The molecule has 0 aliphatic rings. The summed E-state index contributed by atoms with van der Waals surface area (Å²) < 4.78 is 10.9. The van der Waals surface area contributed by atoms with Crippen molar-refractivity contribution in [1.82, 2.24) is 0 Å². The van der Waals surface area contributed by atoms with E-state index in [0.29, 0.717) is 19.4 Å². The molecule has 0 fully saturated rings. The first-order chi connectivity index (χ1) is 12.1. The molecular formula is C21H32O4. The number of benzene rings is 1. The van der Waals surface area contributed by atoms with Crippen LogP contribution in [0.1, 0.15) is 64.9 Å². The third-order valence-electron chi connectivity index (χ3n) is 4.16. The normalized spacial score (nSPS) is 11.8. The molecule has 4 heteroatoms. The van der Waals surface area contributed by atoms with E-state index >= 15 is 0 Å². The van der Waals surface area contributed by atoms with Crippen LogP contribution in [0.2, 0.25) is 0 Å². The Morgan fingerprint density at radius 2 is 1.80 bits per heavy atom. The van der Waals surface area contributed by atoms with E-state index in [1.807, 2.05) is 24.3 Å². The lowest BCUT2D eigenvalue weighted by atomic mass is 9.94. The number of esters is 1. The summed E-state index contributed by atoms with van der Waals surface area (Å²) in [6.07, 6.45) is 6.68. The summed E-state index contributed by atoms with van der Waals surface area (Å²) in [5.74, 6) is -0.453. The molecule has 140 valence electrons. The summed E-state index contributed by atoms with van der Waals surface area (Å²) in [6.45, 7) is 6.71. The van der Waals surface area contributed by atoms with Crippen LogP contribution in [-0.4, -0.2) is 25.0 Å².